The van der Waals surface area contributed by atoms with Crippen molar-refractivity contribution in [2.24, 2.45) is 23.5 Å². The van der Waals surface area contributed by atoms with E-state index in [4.69, 9.17) is 34.2 Å². The van der Waals surface area contributed by atoms with Gasteiger partial charge in [-0.25, -0.2) is 9.59 Å². The molecule has 1 aliphatic carbocycles. The fraction of sp³-hybridized carbons (Fsp3) is 0.655. The monoisotopic (exact) mass is 565 g/mol. The highest BCUT2D eigenvalue weighted by atomic mass is 16.7. The van der Waals surface area contributed by atoms with Crippen LogP contribution in [0.1, 0.15) is 72.3 Å². The molecule has 0 saturated heterocycles. The summed E-state index contributed by atoms with van der Waals surface area (Å²) in [6.45, 7) is 9.32. The number of carbonyl (C=O) groups excluding carboxylic acids is 4. The van der Waals surface area contributed by atoms with Gasteiger partial charge in [0, 0.05) is 0 Å². The molecule has 2 N–H and O–H groups in total. The molecule has 0 radical (unpaired) electrons. The van der Waals surface area contributed by atoms with Crippen LogP contribution >= 0.6 is 0 Å². The standard InChI is InChI=1S/C29H43NO10/c1-18(2)15-36-28(33)39-24-12-11-21(14-25(24)40-29(34)37-16-19(3)4)13-23(30)27(32)35-17-20(5)38-26(31)22-9-7-6-8-10-22/h11-12,14,18-20,22-23H,6-10,13,15-17,30H2,1-5H3/t20-,23-/m0/s1. The van der Waals surface area contributed by atoms with Crippen LogP contribution in [0.25, 0.3) is 0 Å². The molecule has 0 unspecified atom stereocenters. The van der Waals surface area contributed by atoms with Crippen LogP contribution in [0.15, 0.2) is 18.2 Å². The van der Waals surface area contributed by atoms with Crippen LogP contribution in [0.2, 0.25) is 0 Å². The van der Waals surface area contributed by atoms with Crippen LogP contribution in [0, 0.1) is 17.8 Å². The van der Waals surface area contributed by atoms with Crippen LogP contribution in [0.5, 0.6) is 11.5 Å². The molecule has 40 heavy (non-hydrogen) atoms. The van der Waals surface area contributed by atoms with Crippen molar-refractivity contribution in [2.75, 3.05) is 19.8 Å². The van der Waals surface area contributed by atoms with Crippen LogP contribution < -0.4 is 15.2 Å². The molecule has 1 fully saturated rings. The number of benzene rings is 1. The summed E-state index contributed by atoms with van der Waals surface area (Å²) < 4.78 is 31.3. The molecule has 1 aliphatic rings. The molecule has 0 spiro atoms. The van der Waals surface area contributed by atoms with E-state index >= 15 is 0 Å². The van der Waals surface area contributed by atoms with Gasteiger partial charge in [0.2, 0.25) is 0 Å². The zero-order valence-corrected chi connectivity index (χ0v) is 24.1. The van der Waals surface area contributed by atoms with Crippen molar-refractivity contribution in [3.05, 3.63) is 23.8 Å². The number of rotatable bonds is 13. The predicted octanol–water partition coefficient (Wildman–Crippen LogP) is 4.95. The Morgan fingerprint density at radius 2 is 1.38 bits per heavy atom. The number of carbonyl (C=O) groups is 4. The first-order valence-electron chi connectivity index (χ1n) is 13.9. The van der Waals surface area contributed by atoms with Crippen molar-refractivity contribution >= 4 is 24.2 Å². The minimum atomic E-state index is -1.05. The molecule has 1 aromatic carbocycles. The Kier molecular flexibility index (Phi) is 13.7. The highest BCUT2D eigenvalue weighted by molar-refractivity contribution is 5.76. The number of hydrogen-bond donors (Lipinski definition) is 1. The molecular formula is C29H43NO10. The molecule has 0 heterocycles. The van der Waals surface area contributed by atoms with Gasteiger partial charge in [0.25, 0.3) is 0 Å². The number of ether oxygens (including phenoxy) is 6. The van der Waals surface area contributed by atoms with E-state index < -0.39 is 30.4 Å². The summed E-state index contributed by atoms with van der Waals surface area (Å²) in [5, 5.41) is 0. The van der Waals surface area contributed by atoms with Gasteiger partial charge in [-0.2, -0.15) is 0 Å². The van der Waals surface area contributed by atoms with E-state index in [0.29, 0.717) is 5.56 Å². The summed E-state index contributed by atoms with van der Waals surface area (Å²) in [5.41, 5.74) is 6.56. The molecule has 1 aromatic rings. The summed E-state index contributed by atoms with van der Waals surface area (Å²) in [6, 6.07) is 3.34. The lowest BCUT2D eigenvalue weighted by Gasteiger charge is -2.22. The molecule has 2 rings (SSSR count). The Hall–Kier alpha value is -3.34. The first kappa shape index (κ1) is 32.9. The van der Waals surface area contributed by atoms with Crippen molar-refractivity contribution in [1.82, 2.24) is 0 Å². The van der Waals surface area contributed by atoms with E-state index in [1.165, 1.54) is 12.1 Å². The van der Waals surface area contributed by atoms with E-state index in [2.05, 4.69) is 0 Å². The van der Waals surface area contributed by atoms with Gasteiger partial charge >= 0.3 is 24.2 Å². The summed E-state index contributed by atoms with van der Waals surface area (Å²) in [4.78, 5) is 49.1. The Bertz CT molecular complexity index is 987. The lowest BCUT2D eigenvalue weighted by Crippen LogP contribution is -2.36. The zero-order valence-electron chi connectivity index (χ0n) is 24.1. The van der Waals surface area contributed by atoms with Gasteiger partial charge < -0.3 is 34.2 Å². The molecule has 0 aliphatic heterocycles. The van der Waals surface area contributed by atoms with Gasteiger partial charge in [0.05, 0.1) is 19.1 Å². The predicted molar refractivity (Wildman–Crippen MR) is 145 cm³/mol. The average molecular weight is 566 g/mol. The Morgan fingerprint density at radius 3 is 1.95 bits per heavy atom. The first-order chi connectivity index (χ1) is 18.9. The molecule has 11 nitrogen and oxygen atoms in total. The lowest BCUT2D eigenvalue weighted by molar-refractivity contribution is -0.162. The topological polar surface area (TPSA) is 150 Å². The lowest BCUT2D eigenvalue weighted by atomic mass is 9.89. The fourth-order valence-electron chi connectivity index (χ4n) is 3.86. The number of nitrogens with two attached hydrogens (primary N) is 1. The van der Waals surface area contributed by atoms with Crippen molar-refractivity contribution in [3.63, 3.8) is 0 Å². The minimum Gasteiger partial charge on any atom is -0.461 e. The van der Waals surface area contributed by atoms with Gasteiger partial charge in [-0.1, -0.05) is 53.0 Å². The second kappa shape index (κ2) is 16.7. The molecule has 11 heteroatoms. The zero-order chi connectivity index (χ0) is 29.7. The maximum Gasteiger partial charge on any atom is 0.513 e. The van der Waals surface area contributed by atoms with Crippen LogP contribution in [-0.2, 0) is 35.0 Å². The maximum atomic E-state index is 12.5. The van der Waals surface area contributed by atoms with E-state index in [0.717, 1.165) is 32.1 Å². The van der Waals surface area contributed by atoms with Crippen LogP contribution in [-0.4, -0.2) is 56.2 Å². The smallest absolute Gasteiger partial charge is 0.461 e. The second-order valence-electron chi connectivity index (χ2n) is 10.9. The van der Waals surface area contributed by atoms with Gasteiger partial charge in [-0.3, -0.25) is 9.59 Å². The second-order valence-corrected chi connectivity index (χ2v) is 10.9. The third-order valence-corrected chi connectivity index (χ3v) is 5.94. The molecule has 0 bridgehead atoms. The van der Waals surface area contributed by atoms with Crippen LogP contribution in [0.4, 0.5) is 9.59 Å². The summed E-state index contributed by atoms with van der Waals surface area (Å²) in [5.74, 6) is -1.02. The Balaban J connectivity index is 1.98. The van der Waals surface area contributed by atoms with Crippen molar-refractivity contribution in [2.45, 2.75) is 85.3 Å². The normalized spacial score (nSPS) is 15.2. The minimum absolute atomic E-state index is 0.0323. The van der Waals surface area contributed by atoms with Gasteiger partial charge in [0.1, 0.15) is 18.8 Å². The largest absolute Gasteiger partial charge is 0.513 e. The van der Waals surface area contributed by atoms with Crippen LogP contribution in [0.3, 0.4) is 0 Å². The average Bonchev–Trinajstić information content (AvgIpc) is 2.91. The van der Waals surface area contributed by atoms with Crippen molar-refractivity contribution in [3.8, 4) is 11.5 Å². The maximum absolute atomic E-state index is 12.5. The Morgan fingerprint density at radius 1 is 0.800 bits per heavy atom. The van der Waals surface area contributed by atoms with Crippen molar-refractivity contribution in [1.29, 1.82) is 0 Å². The number of hydrogen-bond acceptors (Lipinski definition) is 11. The highest BCUT2D eigenvalue weighted by Gasteiger charge is 2.25. The molecule has 224 valence electrons. The quantitative estimate of drug-likeness (QED) is 0.196. The molecule has 2 atom stereocenters. The third-order valence-electron chi connectivity index (χ3n) is 5.94. The Labute approximate surface area is 235 Å². The van der Waals surface area contributed by atoms with E-state index in [1.807, 2.05) is 27.7 Å². The van der Waals surface area contributed by atoms with E-state index in [-0.39, 0.29) is 61.5 Å². The molecule has 0 aromatic heterocycles. The number of esters is 2. The molecular weight excluding hydrogens is 522 g/mol. The fourth-order valence-corrected chi connectivity index (χ4v) is 3.86. The van der Waals surface area contributed by atoms with E-state index in [9.17, 15) is 19.2 Å². The van der Waals surface area contributed by atoms with Crippen molar-refractivity contribution < 1.29 is 47.6 Å². The summed E-state index contributed by atoms with van der Waals surface area (Å²) in [7, 11) is 0. The van der Waals surface area contributed by atoms with Gasteiger partial charge in [-0.15, -0.1) is 0 Å². The summed E-state index contributed by atoms with van der Waals surface area (Å²) >= 11 is 0. The molecule has 1 saturated carbocycles. The van der Waals surface area contributed by atoms with Gasteiger partial charge in [0.15, 0.2) is 11.5 Å². The molecule has 0 amide bonds. The summed E-state index contributed by atoms with van der Waals surface area (Å²) in [6.07, 6.45) is 2.29. The van der Waals surface area contributed by atoms with E-state index in [1.54, 1.807) is 13.0 Å². The third kappa shape index (κ3) is 12.2. The highest BCUT2D eigenvalue weighted by Crippen LogP contribution is 2.30. The first-order valence-corrected chi connectivity index (χ1v) is 13.9. The van der Waals surface area contributed by atoms with Gasteiger partial charge in [-0.05, 0) is 55.7 Å². The SMILES string of the molecule is CC(C)COC(=O)Oc1ccc(C[C@H](N)C(=O)OC[C@H](C)OC(=O)C2CCCCC2)cc1OC(=O)OCC(C)C.